The minimum atomic E-state index is 0.0440. The molecule has 4 heteroatoms. The lowest BCUT2D eigenvalue weighted by Gasteiger charge is -2.26. The maximum atomic E-state index is 12.7. The molecule has 3 rings (SSSR count). The van der Waals surface area contributed by atoms with Crippen LogP contribution in [0.3, 0.4) is 0 Å². The number of nitrogens with zero attached hydrogens (tertiary/aromatic N) is 1. The highest BCUT2D eigenvalue weighted by Gasteiger charge is 2.35. The molecule has 4 nitrogen and oxygen atoms in total. The van der Waals surface area contributed by atoms with Crippen molar-refractivity contribution in [2.75, 3.05) is 25.1 Å². The molecule has 0 spiro atoms. The maximum absolute atomic E-state index is 12.7. The molecule has 1 N–H and O–H groups in total. The smallest absolute Gasteiger partial charge is 0.322 e. The Morgan fingerprint density at radius 1 is 1.32 bits per heavy atom. The molecule has 1 atom stereocenters. The normalized spacial score (nSPS) is 21.1. The van der Waals surface area contributed by atoms with E-state index in [4.69, 9.17) is 4.74 Å². The molecule has 0 aromatic heterocycles. The molecule has 1 saturated heterocycles. The Morgan fingerprint density at radius 3 is 2.73 bits per heavy atom. The van der Waals surface area contributed by atoms with Gasteiger partial charge in [0, 0.05) is 30.8 Å². The summed E-state index contributed by atoms with van der Waals surface area (Å²) in [7, 11) is 0. The largest absolute Gasteiger partial charge is 0.381 e. The van der Waals surface area contributed by atoms with Crippen LogP contribution < -0.4 is 5.32 Å². The van der Waals surface area contributed by atoms with Gasteiger partial charge in [-0.25, -0.2) is 4.79 Å². The van der Waals surface area contributed by atoms with Crippen LogP contribution >= 0.6 is 0 Å². The predicted molar refractivity (Wildman–Crippen MR) is 88.2 cm³/mol. The highest BCUT2D eigenvalue weighted by Crippen LogP contribution is 2.30. The fourth-order valence-electron chi connectivity index (χ4n) is 3.09. The van der Waals surface area contributed by atoms with E-state index in [9.17, 15) is 4.79 Å². The third-order valence-electron chi connectivity index (χ3n) is 4.55. The molecule has 1 aromatic rings. The van der Waals surface area contributed by atoms with Gasteiger partial charge in [-0.05, 0) is 36.8 Å². The van der Waals surface area contributed by atoms with E-state index >= 15 is 0 Å². The van der Waals surface area contributed by atoms with Crippen LogP contribution in [0.1, 0.15) is 44.6 Å². The SMILES string of the molecule is CC(C)c1ccccc1NC(=O)N(C[C@@H]1CCOC1)C1CC1. The van der Waals surface area contributed by atoms with E-state index in [2.05, 4.69) is 25.2 Å². The third-order valence-corrected chi connectivity index (χ3v) is 4.55. The highest BCUT2D eigenvalue weighted by atomic mass is 16.5. The average molecular weight is 302 g/mol. The summed E-state index contributed by atoms with van der Waals surface area (Å²) in [5.41, 5.74) is 2.13. The van der Waals surface area contributed by atoms with Crippen molar-refractivity contribution in [2.24, 2.45) is 5.92 Å². The number of urea groups is 1. The summed E-state index contributed by atoms with van der Waals surface area (Å²) >= 11 is 0. The number of benzene rings is 1. The second-order valence-electron chi connectivity index (χ2n) is 6.79. The lowest BCUT2D eigenvalue weighted by atomic mass is 10.0. The first-order valence-electron chi connectivity index (χ1n) is 8.39. The van der Waals surface area contributed by atoms with Gasteiger partial charge >= 0.3 is 6.03 Å². The van der Waals surface area contributed by atoms with E-state index in [1.165, 1.54) is 5.56 Å². The number of hydrogen-bond donors (Lipinski definition) is 1. The molecule has 1 saturated carbocycles. The van der Waals surface area contributed by atoms with Crippen molar-refractivity contribution in [3.05, 3.63) is 29.8 Å². The Kier molecular flexibility index (Phi) is 4.67. The second-order valence-corrected chi connectivity index (χ2v) is 6.79. The molecule has 2 amide bonds. The van der Waals surface area contributed by atoms with Gasteiger partial charge in [0.05, 0.1) is 6.61 Å². The lowest BCUT2D eigenvalue weighted by Crippen LogP contribution is -2.40. The number of carbonyl (C=O) groups is 1. The van der Waals surface area contributed by atoms with Crippen molar-refractivity contribution in [2.45, 2.75) is 45.1 Å². The van der Waals surface area contributed by atoms with Crippen LogP contribution in [0.2, 0.25) is 0 Å². The molecule has 2 fully saturated rings. The third kappa shape index (κ3) is 3.61. The molecule has 0 bridgehead atoms. The topological polar surface area (TPSA) is 41.6 Å². The number of amides is 2. The first-order valence-corrected chi connectivity index (χ1v) is 8.39. The molecule has 120 valence electrons. The zero-order valence-corrected chi connectivity index (χ0v) is 13.5. The van der Waals surface area contributed by atoms with Gasteiger partial charge in [0.25, 0.3) is 0 Å². The monoisotopic (exact) mass is 302 g/mol. The first kappa shape index (κ1) is 15.3. The van der Waals surface area contributed by atoms with E-state index < -0.39 is 0 Å². The van der Waals surface area contributed by atoms with Crippen LogP contribution in [0.5, 0.6) is 0 Å². The van der Waals surface area contributed by atoms with Crippen LogP contribution in [0.4, 0.5) is 10.5 Å². The summed E-state index contributed by atoms with van der Waals surface area (Å²) in [6.45, 7) is 6.75. The number of nitrogens with one attached hydrogen (secondary N) is 1. The van der Waals surface area contributed by atoms with E-state index in [0.717, 1.165) is 44.7 Å². The summed E-state index contributed by atoms with van der Waals surface area (Å²) in [6.07, 6.45) is 3.33. The van der Waals surface area contributed by atoms with Gasteiger partial charge in [0.2, 0.25) is 0 Å². The molecule has 0 radical (unpaired) electrons. The van der Waals surface area contributed by atoms with E-state index in [1.54, 1.807) is 0 Å². The lowest BCUT2D eigenvalue weighted by molar-refractivity contribution is 0.167. The molecule has 22 heavy (non-hydrogen) atoms. The summed E-state index contributed by atoms with van der Waals surface area (Å²) < 4.78 is 5.45. The molecule has 0 unspecified atom stereocenters. The number of rotatable bonds is 5. The first-order chi connectivity index (χ1) is 10.6. The molecular formula is C18H26N2O2. The second kappa shape index (κ2) is 6.69. The van der Waals surface area contributed by atoms with Crippen molar-refractivity contribution in [3.63, 3.8) is 0 Å². The fraction of sp³-hybridized carbons (Fsp3) is 0.611. The quantitative estimate of drug-likeness (QED) is 0.898. The van der Waals surface area contributed by atoms with E-state index in [1.807, 2.05) is 23.1 Å². The van der Waals surface area contributed by atoms with Crippen molar-refractivity contribution >= 4 is 11.7 Å². The van der Waals surface area contributed by atoms with Gasteiger partial charge in [-0.3, -0.25) is 0 Å². The predicted octanol–water partition coefficient (Wildman–Crippen LogP) is 3.84. The van der Waals surface area contributed by atoms with Gasteiger partial charge in [-0.1, -0.05) is 32.0 Å². The molecule has 1 aliphatic heterocycles. The number of carbonyl (C=O) groups excluding carboxylic acids is 1. The Morgan fingerprint density at radius 2 is 2.09 bits per heavy atom. The van der Waals surface area contributed by atoms with Gasteiger partial charge in [-0.2, -0.15) is 0 Å². The van der Waals surface area contributed by atoms with Crippen molar-refractivity contribution in [3.8, 4) is 0 Å². The highest BCUT2D eigenvalue weighted by molar-refractivity contribution is 5.90. The van der Waals surface area contributed by atoms with Crippen LogP contribution in [0.25, 0.3) is 0 Å². The van der Waals surface area contributed by atoms with Crippen LogP contribution in [-0.4, -0.2) is 36.7 Å². The van der Waals surface area contributed by atoms with Crippen molar-refractivity contribution in [1.29, 1.82) is 0 Å². The number of hydrogen-bond acceptors (Lipinski definition) is 2. The number of ether oxygens (including phenoxy) is 1. The standard InChI is InChI=1S/C18H26N2O2/c1-13(2)16-5-3-4-6-17(16)19-18(21)20(15-7-8-15)11-14-9-10-22-12-14/h3-6,13-15H,7-12H2,1-2H3,(H,19,21)/t14-/m0/s1. The Hall–Kier alpha value is -1.55. The molecule has 1 aromatic carbocycles. The molecular weight excluding hydrogens is 276 g/mol. The zero-order valence-electron chi connectivity index (χ0n) is 13.5. The summed E-state index contributed by atoms with van der Waals surface area (Å²) in [5.74, 6) is 0.890. The van der Waals surface area contributed by atoms with E-state index in [-0.39, 0.29) is 6.03 Å². The van der Waals surface area contributed by atoms with Gasteiger partial charge in [0.15, 0.2) is 0 Å². The summed E-state index contributed by atoms with van der Waals surface area (Å²) in [5, 5.41) is 3.13. The zero-order chi connectivity index (χ0) is 15.5. The Bertz CT molecular complexity index is 520. The Labute approximate surface area is 132 Å². The number of anilines is 1. The maximum Gasteiger partial charge on any atom is 0.322 e. The minimum absolute atomic E-state index is 0.0440. The summed E-state index contributed by atoms with van der Waals surface area (Å²) in [4.78, 5) is 14.8. The Balaban J connectivity index is 1.68. The van der Waals surface area contributed by atoms with Crippen LogP contribution in [0.15, 0.2) is 24.3 Å². The van der Waals surface area contributed by atoms with Crippen LogP contribution in [-0.2, 0) is 4.74 Å². The number of para-hydroxylation sites is 1. The van der Waals surface area contributed by atoms with Crippen LogP contribution in [0, 0.1) is 5.92 Å². The minimum Gasteiger partial charge on any atom is -0.381 e. The van der Waals surface area contributed by atoms with Crippen molar-refractivity contribution in [1.82, 2.24) is 4.90 Å². The molecule has 1 heterocycles. The summed E-state index contributed by atoms with van der Waals surface area (Å²) in [6, 6.07) is 8.56. The molecule has 2 aliphatic rings. The van der Waals surface area contributed by atoms with E-state index in [0.29, 0.717) is 17.9 Å². The van der Waals surface area contributed by atoms with Crippen molar-refractivity contribution < 1.29 is 9.53 Å². The fourth-order valence-corrected chi connectivity index (χ4v) is 3.09. The van der Waals surface area contributed by atoms with Gasteiger partial charge < -0.3 is 15.0 Å². The van der Waals surface area contributed by atoms with Gasteiger partial charge in [-0.15, -0.1) is 0 Å². The molecule has 1 aliphatic carbocycles. The van der Waals surface area contributed by atoms with Gasteiger partial charge in [0.1, 0.15) is 0 Å². The average Bonchev–Trinajstić information content (AvgIpc) is 3.21.